The average molecular weight is 302 g/mol. The molecule has 0 fully saturated rings. The van der Waals surface area contributed by atoms with Gasteiger partial charge in [-0.2, -0.15) is 0 Å². The van der Waals surface area contributed by atoms with E-state index in [2.05, 4.69) is 19.1 Å². The number of para-hydroxylation sites is 1. The first-order chi connectivity index (χ1) is 11.2. The second-order valence-electron chi connectivity index (χ2n) is 5.51. The molecule has 0 N–H and O–H groups in total. The van der Waals surface area contributed by atoms with Gasteiger partial charge in [-0.1, -0.05) is 78.4 Å². The van der Waals surface area contributed by atoms with Crippen molar-refractivity contribution in [2.45, 2.75) is 6.92 Å². The Kier molecular flexibility index (Phi) is 4.53. The molecule has 23 heavy (non-hydrogen) atoms. The summed E-state index contributed by atoms with van der Waals surface area (Å²) in [6.07, 6.45) is 9.66. The van der Waals surface area contributed by atoms with Crippen LogP contribution in [0.1, 0.15) is 11.1 Å². The monoisotopic (exact) mass is 302 g/mol. The largest absolute Gasteiger partial charge is 0.426 e. The first-order valence-electron chi connectivity index (χ1n) is 7.62. The summed E-state index contributed by atoms with van der Waals surface area (Å²) in [5.41, 5.74) is 3.21. The van der Waals surface area contributed by atoms with E-state index in [0.717, 1.165) is 11.1 Å². The third-order valence-corrected chi connectivity index (χ3v) is 3.69. The van der Waals surface area contributed by atoms with Gasteiger partial charge in [-0.25, -0.2) is 0 Å². The Balaban J connectivity index is 1.81. The number of aryl methyl sites for hydroxylation is 1. The van der Waals surface area contributed by atoms with E-state index in [1.807, 2.05) is 60.7 Å². The Morgan fingerprint density at radius 1 is 1.00 bits per heavy atom. The third kappa shape index (κ3) is 3.86. The fraction of sp³-hybridized carbons (Fsp3) is 0.0952. The van der Waals surface area contributed by atoms with Crippen molar-refractivity contribution in [1.29, 1.82) is 0 Å². The van der Waals surface area contributed by atoms with Gasteiger partial charge in [-0.3, -0.25) is 4.79 Å². The average Bonchev–Trinajstić information content (AvgIpc) is 2.58. The predicted octanol–water partition coefficient (Wildman–Crippen LogP) is 4.73. The van der Waals surface area contributed by atoms with Gasteiger partial charge in [0.05, 0.1) is 0 Å². The number of allylic oxidation sites excluding steroid dienone is 3. The molecule has 0 saturated carbocycles. The van der Waals surface area contributed by atoms with Crippen molar-refractivity contribution >= 4 is 12.0 Å². The lowest BCUT2D eigenvalue weighted by molar-refractivity contribution is -0.136. The molecule has 0 bridgehead atoms. The molecular formula is C21H18O2. The lowest BCUT2D eigenvalue weighted by Gasteiger charge is -2.16. The molecule has 2 nitrogen and oxygen atoms in total. The van der Waals surface area contributed by atoms with E-state index in [0.29, 0.717) is 5.75 Å². The number of carbonyl (C=O) groups excluding carboxylic acids is 1. The highest BCUT2D eigenvalue weighted by Crippen LogP contribution is 2.24. The number of ether oxygens (including phenoxy) is 1. The molecule has 0 radical (unpaired) electrons. The smallest absolute Gasteiger partial charge is 0.322 e. The van der Waals surface area contributed by atoms with Gasteiger partial charge < -0.3 is 4.74 Å². The maximum atomic E-state index is 12.5. The summed E-state index contributed by atoms with van der Waals surface area (Å²) in [6.45, 7) is 2.06. The van der Waals surface area contributed by atoms with Crippen LogP contribution in [0.3, 0.4) is 0 Å². The van der Waals surface area contributed by atoms with Crippen LogP contribution >= 0.6 is 0 Å². The van der Waals surface area contributed by atoms with Gasteiger partial charge in [0.1, 0.15) is 11.7 Å². The summed E-state index contributed by atoms with van der Waals surface area (Å²) >= 11 is 0. The first kappa shape index (κ1) is 15.0. The molecule has 1 aliphatic rings. The summed E-state index contributed by atoms with van der Waals surface area (Å²) in [5, 5.41) is 0. The van der Waals surface area contributed by atoms with Crippen molar-refractivity contribution in [3.05, 3.63) is 95.6 Å². The molecule has 0 spiro atoms. The van der Waals surface area contributed by atoms with Crippen molar-refractivity contribution in [3.8, 4) is 5.75 Å². The zero-order valence-electron chi connectivity index (χ0n) is 13.0. The Morgan fingerprint density at radius 2 is 1.74 bits per heavy atom. The molecule has 2 aromatic carbocycles. The van der Waals surface area contributed by atoms with E-state index < -0.39 is 0 Å². The van der Waals surface area contributed by atoms with Gasteiger partial charge in [0.15, 0.2) is 0 Å². The lowest BCUT2D eigenvalue weighted by atomic mass is 9.92. The van der Waals surface area contributed by atoms with Crippen molar-refractivity contribution in [3.63, 3.8) is 0 Å². The van der Waals surface area contributed by atoms with E-state index in [4.69, 9.17) is 4.74 Å². The van der Waals surface area contributed by atoms with E-state index in [9.17, 15) is 4.79 Å². The van der Waals surface area contributed by atoms with E-state index in [1.165, 1.54) is 5.56 Å². The fourth-order valence-corrected chi connectivity index (χ4v) is 2.43. The molecule has 2 aromatic rings. The predicted molar refractivity (Wildman–Crippen MR) is 93.0 cm³/mol. The third-order valence-electron chi connectivity index (χ3n) is 3.69. The van der Waals surface area contributed by atoms with Gasteiger partial charge in [-0.15, -0.1) is 0 Å². The first-order valence-corrected chi connectivity index (χ1v) is 7.62. The molecule has 2 heteroatoms. The maximum Gasteiger partial charge on any atom is 0.322 e. The van der Waals surface area contributed by atoms with Crippen molar-refractivity contribution in [1.82, 2.24) is 0 Å². The Labute approximate surface area is 136 Å². The van der Waals surface area contributed by atoms with Gasteiger partial charge in [0.25, 0.3) is 0 Å². The molecule has 1 unspecified atom stereocenters. The number of carbonyl (C=O) groups is 1. The lowest BCUT2D eigenvalue weighted by Crippen LogP contribution is -2.21. The summed E-state index contributed by atoms with van der Waals surface area (Å²) in [7, 11) is 0. The molecule has 114 valence electrons. The second-order valence-corrected chi connectivity index (χ2v) is 5.51. The molecule has 0 saturated heterocycles. The number of benzene rings is 2. The molecule has 0 aliphatic heterocycles. The molecule has 0 heterocycles. The minimum absolute atomic E-state index is 0.268. The molecule has 0 amide bonds. The molecule has 1 aliphatic carbocycles. The van der Waals surface area contributed by atoms with Gasteiger partial charge in [0.2, 0.25) is 0 Å². The van der Waals surface area contributed by atoms with Crippen molar-refractivity contribution in [2.75, 3.05) is 0 Å². The standard InChI is InChI=1S/C21H18O2/c1-16-11-13-17(14-12-16)15-18-7-5-6-10-20(18)21(22)23-19-8-3-2-4-9-19/h2-15,20H,1H3. The normalized spacial score (nSPS) is 18.1. The topological polar surface area (TPSA) is 26.3 Å². The van der Waals surface area contributed by atoms with E-state index in [1.54, 1.807) is 12.1 Å². The van der Waals surface area contributed by atoms with Crippen LogP contribution in [0.5, 0.6) is 5.75 Å². The summed E-state index contributed by atoms with van der Waals surface area (Å²) in [6, 6.07) is 17.4. The van der Waals surface area contributed by atoms with Gasteiger partial charge >= 0.3 is 5.97 Å². The molecule has 0 aromatic heterocycles. The van der Waals surface area contributed by atoms with Crippen LogP contribution in [0.4, 0.5) is 0 Å². The number of hydrogen-bond donors (Lipinski definition) is 0. The summed E-state index contributed by atoms with van der Waals surface area (Å²) in [5.74, 6) is -0.0909. The van der Waals surface area contributed by atoms with E-state index >= 15 is 0 Å². The van der Waals surface area contributed by atoms with Crippen LogP contribution in [0.25, 0.3) is 6.08 Å². The van der Waals surface area contributed by atoms with Gasteiger partial charge in [0, 0.05) is 0 Å². The fourth-order valence-electron chi connectivity index (χ4n) is 2.43. The van der Waals surface area contributed by atoms with Crippen LogP contribution in [0.2, 0.25) is 0 Å². The number of hydrogen-bond acceptors (Lipinski definition) is 2. The van der Waals surface area contributed by atoms with Crippen LogP contribution in [-0.2, 0) is 4.79 Å². The summed E-state index contributed by atoms with van der Waals surface area (Å²) in [4.78, 5) is 12.5. The SMILES string of the molecule is Cc1ccc(C=C2C=CC=CC2C(=O)Oc2ccccc2)cc1. The van der Waals surface area contributed by atoms with Crippen LogP contribution in [0.15, 0.2) is 84.5 Å². The Morgan fingerprint density at radius 3 is 2.48 bits per heavy atom. The van der Waals surface area contributed by atoms with Crippen LogP contribution < -0.4 is 4.74 Å². The van der Waals surface area contributed by atoms with Crippen molar-refractivity contribution in [2.24, 2.45) is 5.92 Å². The zero-order valence-corrected chi connectivity index (χ0v) is 13.0. The molecule has 1 atom stereocenters. The Bertz CT molecular complexity index is 765. The minimum atomic E-state index is -0.387. The number of esters is 1. The zero-order chi connectivity index (χ0) is 16.1. The number of rotatable bonds is 3. The Hall–Kier alpha value is -2.87. The van der Waals surface area contributed by atoms with Gasteiger partial charge in [-0.05, 0) is 30.2 Å². The highest BCUT2D eigenvalue weighted by molar-refractivity contribution is 5.83. The minimum Gasteiger partial charge on any atom is -0.426 e. The highest BCUT2D eigenvalue weighted by atomic mass is 16.5. The van der Waals surface area contributed by atoms with Crippen molar-refractivity contribution < 1.29 is 9.53 Å². The second kappa shape index (κ2) is 6.93. The molecule has 3 rings (SSSR count). The quantitative estimate of drug-likeness (QED) is 0.605. The van der Waals surface area contributed by atoms with Crippen LogP contribution in [0, 0.1) is 12.8 Å². The van der Waals surface area contributed by atoms with Crippen LogP contribution in [-0.4, -0.2) is 5.97 Å². The maximum absolute atomic E-state index is 12.5. The summed E-state index contributed by atoms with van der Waals surface area (Å²) < 4.78 is 5.48. The van der Waals surface area contributed by atoms with E-state index in [-0.39, 0.29) is 11.9 Å². The highest BCUT2D eigenvalue weighted by Gasteiger charge is 2.22. The molecular weight excluding hydrogens is 284 g/mol.